The van der Waals surface area contributed by atoms with Gasteiger partial charge in [-0.1, -0.05) is 0 Å². The molecule has 3 rings (SSSR count). The molecule has 0 N–H and O–H groups in total. The monoisotopic (exact) mass is 336 g/mol. The van der Waals surface area contributed by atoms with Crippen molar-refractivity contribution in [3.63, 3.8) is 0 Å². The van der Waals surface area contributed by atoms with Crippen LogP contribution in [0.15, 0.2) is 29.6 Å². The normalized spacial score (nSPS) is 16.7. The lowest BCUT2D eigenvalue weighted by Crippen LogP contribution is -2.49. The van der Waals surface area contributed by atoms with Crippen LogP contribution < -0.4 is 4.90 Å². The summed E-state index contributed by atoms with van der Waals surface area (Å²) in [4.78, 5) is 10.7. The first-order chi connectivity index (χ1) is 11.0. The van der Waals surface area contributed by atoms with Crippen molar-refractivity contribution in [1.29, 1.82) is 0 Å². The van der Waals surface area contributed by atoms with E-state index in [0.29, 0.717) is 49.3 Å². The Morgan fingerprint density at radius 2 is 1.78 bits per heavy atom. The molecule has 124 valence electrons. The summed E-state index contributed by atoms with van der Waals surface area (Å²) in [5, 5.41) is 4.14. The maximum atomic E-state index is 12.8. The van der Waals surface area contributed by atoms with E-state index in [4.69, 9.17) is 0 Å². The Balaban J connectivity index is 1.75. The number of anilines is 1. The molecule has 1 aliphatic rings. The molecule has 0 saturated carbocycles. The van der Waals surface area contributed by atoms with Crippen LogP contribution in [0.25, 0.3) is 0 Å². The van der Waals surface area contributed by atoms with Crippen molar-refractivity contribution in [2.75, 3.05) is 31.1 Å². The first kappa shape index (κ1) is 15.9. The molecule has 9 heteroatoms. The summed E-state index contributed by atoms with van der Waals surface area (Å²) < 4.78 is 28.8. The third-order valence-corrected chi connectivity index (χ3v) is 6.05. The van der Waals surface area contributed by atoms with Crippen LogP contribution in [0, 0.1) is 6.92 Å². The zero-order valence-electron chi connectivity index (χ0n) is 13.3. The third kappa shape index (κ3) is 2.93. The maximum absolute atomic E-state index is 12.8. The predicted molar refractivity (Wildman–Crippen MR) is 85.6 cm³/mol. The smallest absolute Gasteiger partial charge is 0.246 e. The minimum absolute atomic E-state index is 0.295. The van der Waals surface area contributed by atoms with Gasteiger partial charge in [-0.05, 0) is 19.9 Å². The SMILES string of the molecule is CCn1ncc(S(=O)(=O)N2CCN(c3ncccn3)CC2)c1C. The Labute approximate surface area is 135 Å². The second-order valence-corrected chi connectivity index (χ2v) is 7.26. The van der Waals surface area contributed by atoms with Gasteiger partial charge >= 0.3 is 0 Å². The lowest BCUT2D eigenvalue weighted by atomic mass is 10.4. The summed E-state index contributed by atoms with van der Waals surface area (Å²) >= 11 is 0. The molecule has 1 saturated heterocycles. The number of aryl methyl sites for hydroxylation is 1. The average Bonchev–Trinajstić information content (AvgIpc) is 2.97. The van der Waals surface area contributed by atoms with Crippen molar-refractivity contribution in [1.82, 2.24) is 24.1 Å². The first-order valence-corrected chi connectivity index (χ1v) is 9.02. The summed E-state index contributed by atoms with van der Waals surface area (Å²) in [7, 11) is -3.51. The lowest BCUT2D eigenvalue weighted by molar-refractivity contribution is 0.382. The number of sulfonamides is 1. The van der Waals surface area contributed by atoms with E-state index in [0.717, 1.165) is 0 Å². The minimum atomic E-state index is -3.51. The van der Waals surface area contributed by atoms with Crippen LogP contribution in [0.4, 0.5) is 5.95 Å². The molecule has 2 aromatic rings. The molecule has 1 fully saturated rings. The van der Waals surface area contributed by atoms with Crippen LogP contribution in [0.3, 0.4) is 0 Å². The van der Waals surface area contributed by atoms with Crippen molar-refractivity contribution in [2.45, 2.75) is 25.3 Å². The van der Waals surface area contributed by atoms with Gasteiger partial charge in [-0.25, -0.2) is 18.4 Å². The van der Waals surface area contributed by atoms with Gasteiger partial charge < -0.3 is 4.90 Å². The van der Waals surface area contributed by atoms with Crippen LogP contribution in [-0.4, -0.2) is 58.7 Å². The Bertz CT molecular complexity index is 766. The summed E-state index contributed by atoms with van der Waals surface area (Å²) in [5.41, 5.74) is 0.682. The first-order valence-electron chi connectivity index (χ1n) is 7.58. The van der Waals surface area contributed by atoms with Gasteiger partial charge in [-0.3, -0.25) is 4.68 Å². The van der Waals surface area contributed by atoms with Crippen molar-refractivity contribution < 1.29 is 8.42 Å². The quantitative estimate of drug-likeness (QED) is 0.809. The number of aromatic nitrogens is 4. The van der Waals surface area contributed by atoms with Crippen LogP contribution >= 0.6 is 0 Å². The summed E-state index contributed by atoms with van der Waals surface area (Å²) in [6, 6.07) is 1.76. The molecular formula is C14H20N6O2S. The highest BCUT2D eigenvalue weighted by molar-refractivity contribution is 7.89. The molecule has 0 aromatic carbocycles. The van der Waals surface area contributed by atoms with Gasteiger partial charge in [-0.15, -0.1) is 0 Å². The van der Waals surface area contributed by atoms with E-state index < -0.39 is 10.0 Å². The fourth-order valence-electron chi connectivity index (χ4n) is 2.72. The van der Waals surface area contributed by atoms with Gasteiger partial charge in [0.15, 0.2) is 0 Å². The van der Waals surface area contributed by atoms with Crippen molar-refractivity contribution in [2.24, 2.45) is 0 Å². The number of hydrogen-bond donors (Lipinski definition) is 0. The number of hydrogen-bond acceptors (Lipinski definition) is 6. The highest BCUT2D eigenvalue weighted by Gasteiger charge is 2.31. The zero-order valence-corrected chi connectivity index (χ0v) is 14.1. The Kier molecular flexibility index (Phi) is 4.31. The Hall–Kier alpha value is -2.00. The fraction of sp³-hybridized carbons (Fsp3) is 0.500. The van der Waals surface area contributed by atoms with Crippen molar-refractivity contribution >= 4 is 16.0 Å². The molecule has 0 amide bonds. The lowest BCUT2D eigenvalue weighted by Gasteiger charge is -2.33. The zero-order chi connectivity index (χ0) is 16.4. The molecule has 1 aliphatic heterocycles. The van der Waals surface area contributed by atoms with Gasteiger partial charge in [0.25, 0.3) is 0 Å². The molecule has 3 heterocycles. The average molecular weight is 336 g/mol. The third-order valence-electron chi connectivity index (χ3n) is 4.05. The number of nitrogens with zero attached hydrogens (tertiary/aromatic N) is 6. The molecule has 0 bridgehead atoms. The molecule has 0 radical (unpaired) electrons. The van der Waals surface area contributed by atoms with Gasteiger partial charge in [-0.2, -0.15) is 9.40 Å². The van der Waals surface area contributed by atoms with Gasteiger partial charge in [0, 0.05) is 45.1 Å². The van der Waals surface area contributed by atoms with Gasteiger partial charge in [0.2, 0.25) is 16.0 Å². The number of rotatable bonds is 4. The molecule has 8 nitrogen and oxygen atoms in total. The highest BCUT2D eigenvalue weighted by Crippen LogP contribution is 2.21. The van der Waals surface area contributed by atoms with Gasteiger partial charge in [0.05, 0.1) is 11.9 Å². The van der Waals surface area contributed by atoms with E-state index in [-0.39, 0.29) is 0 Å². The van der Waals surface area contributed by atoms with Crippen molar-refractivity contribution in [3.8, 4) is 0 Å². The van der Waals surface area contributed by atoms with E-state index in [1.165, 1.54) is 10.5 Å². The standard InChI is InChI=1S/C14H20N6O2S/c1-3-20-12(2)13(11-17-20)23(21,22)19-9-7-18(8-10-19)14-15-5-4-6-16-14/h4-6,11H,3,7-10H2,1-2H3. The summed E-state index contributed by atoms with van der Waals surface area (Å²) in [6.45, 7) is 6.36. The molecule has 23 heavy (non-hydrogen) atoms. The summed E-state index contributed by atoms with van der Waals surface area (Å²) in [6.07, 6.45) is 4.82. The molecule has 0 unspecified atom stereocenters. The van der Waals surface area contributed by atoms with Crippen LogP contribution in [0.5, 0.6) is 0 Å². The molecule has 0 atom stereocenters. The molecule has 0 spiro atoms. The summed E-state index contributed by atoms with van der Waals surface area (Å²) in [5.74, 6) is 0.638. The van der Waals surface area contributed by atoms with Crippen LogP contribution in [0.1, 0.15) is 12.6 Å². The molecule has 2 aromatic heterocycles. The van der Waals surface area contributed by atoms with E-state index >= 15 is 0 Å². The Morgan fingerprint density at radius 3 is 2.35 bits per heavy atom. The van der Waals surface area contributed by atoms with Gasteiger partial charge in [0.1, 0.15) is 4.90 Å². The second-order valence-electron chi connectivity index (χ2n) is 5.35. The fourth-order valence-corrected chi connectivity index (χ4v) is 4.30. The van der Waals surface area contributed by atoms with E-state index in [1.54, 1.807) is 30.1 Å². The van der Waals surface area contributed by atoms with Crippen LogP contribution in [-0.2, 0) is 16.6 Å². The topological polar surface area (TPSA) is 84.2 Å². The number of piperazine rings is 1. The predicted octanol–water partition coefficient (Wildman–Crippen LogP) is 0.512. The highest BCUT2D eigenvalue weighted by atomic mass is 32.2. The van der Waals surface area contributed by atoms with Crippen molar-refractivity contribution in [3.05, 3.63) is 30.4 Å². The van der Waals surface area contributed by atoms with E-state index in [9.17, 15) is 8.42 Å². The largest absolute Gasteiger partial charge is 0.338 e. The Morgan fingerprint density at radius 1 is 1.13 bits per heavy atom. The van der Waals surface area contributed by atoms with E-state index in [1.807, 2.05) is 11.8 Å². The molecular weight excluding hydrogens is 316 g/mol. The maximum Gasteiger partial charge on any atom is 0.246 e. The minimum Gasteiger partial charge on any atom is -0.338 e. The second kappa shape index (κ2) is 6.25. The molecule has 0 aliphatic carbocycles. The van der Waals surface area contributed by atoms with E-state index in [2.05, 4.69) is 15.1 Å². The van der Waals surface area contributed by atoms with Crippen LogP contribution in [0.2, 0.25) is 0 Å².